The van der Waals surface area contributed by atoms with Gasteiger partial charge in [0.1, 0.15) is 11.8 Å². The smallest absolute Gasteiger partial charge is 0.417 e. The van der Waals surface area contributed by atoms with Gasteiger partial charge in [-0.05, 0) is 55.5 Å². The van der Waals surface area contributed by atoms with Crippen molar-refractivity contribution in [2.75, 3.05) is 11.4 Å². The summed E-state index contributed by atoms with van der Waals surface area (Å²) in [6.07, 6.45) is 2.80. The Bertz CT molecular complexity index is 498. The molecule has 7 heteroatoms. The molecule has 1 aliphatic carbocycles. The quantitative estimate of drug-likeness (QED) is 0.824. The third-order valence-electron chi connectivity index (χ3n) is 3.08. The number of carbonyl (C=O) groups excluding carboxylic acids is 1. The van der Waals surface area contributed by atoms with Crippen LogP contribution < -0.4 is 4.90 Å². The Morgan fingerprint density at radius 1 is 1.43 bits per heavy atom. The molecule has 0 unspecified atom stereocenters. The van der Waals surface area contributed by atoms with Crippen molar-refractivity contribution in [2.45, 2.75) is 45.4 Å². The average Bonchev–Trinajstić information content (AvgIpc) is 2.32. The van der Waals surface area contributed by atoms with Crippen LogP contribution in [0.15, 0.2) is 16.9 Å². The molecule has 0 radical (unpaired) electrons. The lowest BCUT2D eigenvalue weighted by Gasteiger charge is -2.34. The Morgan fingerprint density at radius 3 is 2.48 bits per heavy atom. The number of hydrogen-bond acceptors (Lipinski definition) is 4. The molecule has 1 aromatic heterocycles. The Kier molecular flexibility index (Phi) is 4.81. The summed E-state index contributed by atoms with van der Waals surface area (Å²) in [5, 5.41) is 0. The van der Waals surface area contributed by atoms with Gasteiger partial charge in [-0.2, -0.15) is 0 Å². The summed E-state index contributed by atoms with van der Waals surface area (Å²) in [5.41, 5.74) is -0.604. The topological polar surface area (TPSA) is 55.3 Å². The van der Waals surface area contributed by atoms with Gasteiger partial charge < -0.3 is 4.74 Å². The van der Waals surface area contributed by atoms with Crippen molar-refractivity contribution in [1.29, 1.82) is 0 Å². The van der Waals surface area contributed by atoms with E-state index in [-0.39, 0.29) is 11.9 Å². The fourth-order valence-corrected chi connectivity index (χ4v) is 2.27. The first kappa shape index (κ1) is 16.1. The summed E-state index contributed by atoms with van der Waals surface area (Å²) >= 11 is 3.25. The molecule has 116 valence electrons. The lowest BCUT2D eigenvalue weighted by Crippen LogP contribution is -2.43. The van der Waals surface area contributed by atoms with Crippen LogP contribution in [0.25, 0.3) is 0 Å². The van der Waals surface area contributed by atoms with E-state index in [2.05, 4.69) is 25.9 Å². The van der Waals surface area contributed by atoms with Crippen molar-refractivity contribution < 1.29 is 13.9 Å². The first-order chi connectivity index (χ1) is 9.74. The van der Waals surface area contributed by atoms with Crippen LogP contribution in [0.4, 0.5) is 15.1 Å². The Balaban J connectivity index is 2.13. The predicted molar refractivity (Wildman–Crippen MR) is 80.9 cm³/mol. The molecule has 5 nitrogen and oxygen atoms in total. The molecule has 1 heterocycles. The number of carbonyl (C=O) groups is 1. The normalized spacial score (nSPS) is 21.6. The molecule has 0 bridgehead atoms. The maximum absolute atomic E-state index is 13.0. The van der Waals surface area contributed by atoms with Gasteiger partial charge in [0.25, 0.3) is 0 Å². The van der Waals surface area contributed by atoms with E-state index in [1.54, 1.807) is 33.2 Å². The average molecular weight is 360 g/mol. The van der Waals surface area contributed by atoms with Crippen molar-refractivity contribution in [3.63, 3.8) is 0 Å². The maximum Gasteiger partial charge on any atom is 0.417 e. The highest BCUT2D eigenvalue weighted by Crippen LogP contribution is 2.32. The number of hydrogen-bond donors (Lipinski definition) is 0. The minimum Gasteiger partial charge on any atom is -0.443 e. The summed E-state index contributed by atoms with van der Waals surface area (Å²) in [5.74, 6) is 0.398. The van der Waals surface area contributed by atoms with E-state index in [1.807, 2.05) is 0 Å². The van der Waals surface area contributed by atoms with E-state index < -0.39 is 17.9 Å². The van der Waals surface area contributed by atoms with Gasteiger partial charge in [-0.25, -0.2) is 24.1 Å². The second kappa shape index (κ2) is 6.25. The van der Waals surface area contributed by atoms with Crippen LogP contribution in [0.2, 0.25) is 0 Å². The van der Waals surface area contributed by atoms with Gasteiger partial charge in [-0.1, -0.05) is 0 Å². The van der Waals surface area contributed by atoms with Crippen molar-refractivity contribution >= 4 is 28.0 Å². The van der Waals surface area contributed by atoms with Crippen LogP contribution in [-0.2, 0) is 4.74 Å². The van der Waals surface area contributed by atoms with Crippen molar-refractivity contribution in [3.8, 4) is 0 Å². The minimum atomic E-state index is -0.763. The van der Waals surface area contributed by atoms with Gasteiger partial charge in [-0.3, -0.25) is 0 Å². The van der Waals surface area contributed by atoms with Crippen LogP contribution in [0.3, 0.4) is 0 Å². The molecule has 0 aromatic carbocycles. The molecule has 1 saturated carbocycles. The van der Waals surface area contributed by atoms with Crippen molar-refractivity contribution in [2.24, 2.45) is 5.92 Å². The first-order valence-electron chi connectivity index (χ1n) is 6.87. The third kappa shape index (κ3) is 4.62. The second-order valence-corrected chi connectivity index (χ2v) is 7.14. The van der Waals surface area contributed by atoms with Gasteiger partial charge in [-0.15, -0.1) is 0 Å². The largest absolute Gasteiger partial charge is 0.443 e. The highest BCUT2D eigenvalue weighted by molar-refractivity contribution is 9.10. The van der Waals surface area contributed by atoms with Crippen molar-refractivity contribution in [3.05, 3.63) is 16.9 Å². The van der Waals surface area contributed by atoms with Gasteiger partial charge in [0.2, 0.25) is 5.95 Å². The lowest BCUT2D eigenvalue weighted by atomic mass is 9.83. The zero-order chi connectivity index (χ0) is 15.6. The third-order valence-corrected chi connectivity index (χ3v) is 3.49. The van der Waals surface area contributed by atoms with Gasteiger partial charge >= 0.3 is 6.09 Å². The highest BCUT2D eigenvalue weighted by Gasteiger charge is 2.34. The Morgan fingerprint density at radius 2 is 2.00 bits per heavy atom. The molecule has 0 spiro atoms. The SMILES string of the molecule is CC(C)(C)OC(=O)N(CC1CC(F)C1)c1ncc(Br)cn1. The fourth-order valence-electron chi connectivity index (χ4n) is 2.06. The lowest BCUT2D eigenvalue weighted by molar-refractivity contribution is 0.0547. The molecule has 21 heavy (non-hydrogen) atoms. The molecule has 1 aromatic rings. The van der Waals surface area contributed by atoms with Gasteiger partial charge in [0, 0.05) is 18.9 Å². The number of ether oxygens (including phenoxy) is 1. The highest BCUT2D eigenvalue weighted by atomic mass is 79.9. The number of halogens is 2. The molecule has 0 atom stereocenters. The summed E-state index contributed by atoms with van der Waals surface area (Å²) in [6, 6.07) is 0. The molecular weight excluding hydrogens is 341 g/mol. The Labute approximate surface area is 132 Å². The van der Waals surface area contributed by atoms with E-state index in [1.165, 1.54) is 4.90 Å². The van der Waals surface area contributed by atoms with E-state index >= 15 is 0 Å². The summed E-state index contributed by atoms with van der Waals surface area (Å²) in [4.78, 5) is 22.0. The first-order valence-corrected chi connectivity index (χ1v) is 7.66. The molecule has 2 rings (SSSR count). The zero-order valence-electron chi connectivity index (χ0n) is 12.3. The number of amides is 1. The van der Waals surface area contributed by atoms with Crippen LogP contribution >= 0.6 is 15.9 Å². The fraction of sp³-hybridized carbons (Fsp3) is 0.643. The van der Waals surface area contributed by atoms with E-state index in [9.17, 15) is 9.18 Å². The minimum absolute atomic E-state index is 0.125. The second-order valence-electron chi connectivity index (χ2n) is 6.23. The number of aromatic nitrogens is 2. The number of rotatable bonds is 3. The van der Waals surface area contributed by atoms with Crippen LogP contribution in [-0.4, -0.2) is 34.4 Å². The summed E-state index contributed by atoms with van der Waals surface area (Å²) < 4.78 is 19.1. The molecule has 0 saturated heterocycles. The molecular formula is C14H19BrFN3O2. The van der Waals surface area contributed by atoms with Crippen LogP contribution in [0, 0.1) is 5.92 Å². The van der Waals surface area contributed by atoms with Crippen LogP contribution in [0.1, 0.15) is 33.6 Å². The van der Waals surface area contributed by atoms with Gasteiger partial charge in [0.15, 0.2) is 0 Å². The van der Waals surface area contributed by atoms with Gasteiger partial charge in [0.05, 0.1) is 4.47 Å². The molecule has 0 aliphatic heterocycles. The standard InChI is InChI=1S/C14H19BrFN3O2/c1-14(2,3)21-13(20)19(8-9-4-11(16)5-9)12-17-6-10(15)7-18-12/h6-7,9,11H,4-5,8H2,1-3H3. The van der Waals surface area contributed by atoms with E-state index in [0.29, 0.717) is 19.4 Å². The Hall–Kier alpha value is -1.24. The monoisotopic (exact) mass is 359 g/mol. The number of alkyl halides is 1. The number of anilines is 1. The zero-order valence-corrected chi connectivity index (χ0v) is 13.9. The van der Waals surface area contributed by atoms with Crippen molar-refractivity contribution in [1.82, 2.24) is 9.97 Å². The van der Waals surface area contributed by atoms with E-state index in [0.717, 1.165) is 4.47 Å². The summed E-state index contributed by atoms with van der Waals surface area (Å²) in [6.45, 7) is 5.77. The molecule has 1 fully saturated rings. The maximum atomic E-state index is 13.0. The molecule has 1 aliphatic rings. The van der Waals surface area contributed by atoms with E-state index in [4.69, 9.17) is 4.74 Å². The number of nitrogens with zero attached hydrogens (tertiary/aromatic N) is 3. The predicted octanol–water partition coefficient (Wildman–Crippen LogP) is 3.73. The molecule has 0 N–H and O–H groups in total. The van der Waals surface area contributed by atoms with Crippen LogP contribution in [0.5, 0.6) is 0 Å². The molecule has 1 amide bonds. The summed E-state index contributed by atoms with van der Waals surface area (Å²) in [7, 11) is 0.